The molecular formula is C8H13NO4. The lowest BCUT2D eigenvalue weighted by Gasteiger charge is -2.16. The molecule has 1 aliphatic heterocycles. The van der Waals surface area contributed by atoms with E-state index in [1.807, 2.05) is 0 Å². The maximum Gasteiger partial charge on any atom is 0.311 e. The fourth-order valence-electron chi connectivity index (χ4n) is 1.35. The summed E-state index contributed by atoms with van der Waals surface area (Å²) in [4.78, 5) is 22.0. The van der Waals surface area contributed by atoms with Gasteiger partial charge in [0.1, 0.15) is 0 Å². The minimum absolute atomic E-state index is 0.124. The first kappa shape index (κ1) is 9.98. The SMILES string of the molecule is COC(=O)C1CCC(=O)NCC1O. The van der Waals surface area contributed by atoms with Crippen LogP contribution in [-0.2, 0) is 14.3 Å². The van der Waals surface area contributed by atoms with Crippen LogP contribution >= 0.6 is 0 Å². The Morgan fingerprint density at radius 2 is 2.38 bits per heavy atom. The summed E-state index contributed by atoms with van der Waals surface area (Å²) in [5.74, 6) is -1.17. The number of hydrogen-bond donors (Lipinski definition) is 2. The van der Waals surface area contributed by atoms with Crippen molar-refractivity contribution in [2.24, 2.45) is 5.92 Å². The molecule has 0 aromatic carbocycles. The van der Waals surface area contributed by atoms with E-state index in [1.54, 1.807) is 0 Å². The van der Waals surface area contributed by atoms with Crippen LogP contribution in [0.5, 0.6) is 0 Å². The summed E-state index contributed by atoms with van der Waals surface area (Å²) in [7, 11) is 1.27. The first-order valence-corrected chi connectivity index (χ1v) is 4.17. The molecule has 5 heteroatoms. The number of esters is 1. The number of aliphatic hydroxyl groups is 1. The number of hydrogen-bond acceptors (Lipinski definition) is 4. The highest BCUT2D eigenvalue weighted by Gasteiger charge is 2.30. The molecular weight excluding hydrogens is 174 g/mol. The zero-order valence-electron chi connectivity index (χ0n) is 7.45. The van der Waals surface area contributed by atoms with Gasteiger partial charge in [-0.1, -0.05) is 0 Å². The molecule has 1 fully saturated rings. The van der Waals surface area contributed by atoms with Crippen LogP contribution < -0.4 is 5.32 Å². The van der Waals surface area contributed by atoms with Crippen molar-refractivity contribution in [2.75, 3.05) is 13.7 Å². The minimum atomic E-state index is -0.834. The van der Waals surface area contributed by atoms with Gasteiger partial charge in [0.25, 0.3) is 0 Å². The Bertz CT molecular complexity index is 216. The highest BCUT2D eigenvalue weighted by molar-refractivity contribution is 5.79. The van der Waals surface area contributed by atoms with E-state index in [4.69, 9.17) is 0 Å². The van der Waals surface area contributed by atoms with Crippen LogP contribution in [-0.4, -0.2) is 36.7 Å². The largest absolute Gasteiger partial charge is 0.469 e. The first-order valence-electron chi connectivity index (χ1n) is 4.17. The Kier molecular flexibility index (Phi) is 3.25. The Morgan fingerprint density at radius 1 is 1.69 bits per heavy atom. The molecule has 0 bridgehead atoms. The van der Waals surface area contributed by atoms with Gasteiger partial charge in [0, 0.05) is 13.0 Å². The van der Waals surface area contributed by atoms with Crippen molar-refractivity contribution < 1.29 is 19.4 Å². The summed E-state index contributed by atoms with van der Waals surface area (Å²) in [6, 6.07) is 0. The number of carbonyl (C=O) groups excluding carboxylic acids is 2. The lowest BCUT2D eigenvalue weighted by Crippen LogP contribution is -2.35. The average Bonchev–Trinajstić information content (AvgIpc) is 2.28. The highest BCUT2D eigenvalue weighted by atomic mass is 16.5. The number of carbonyl (C=O) groups is 2. The number of nitrogens with one attached hydrogen (secondary N) is 1. The molecule has 1 heterocycles. The summed E-state index contributed by atoms with van der Waals surface area (Å²) < 4.78 is 4.51. The Labute approximate surface area is 76.1 Å². The predicted octanol–water partition coefficient (Wildman–Crippen LogP) is -0.953. The lowest BCUT2D eigenvalue weighted by molar-refractivity contribution is -0.149. The van der Waals surface area contributed by atoms with Crippen LogP contribution in [0, 0.1) is 5.92 Å². The van der Waals surface area contributed by atoms with Crippen LogP contribution in [0.1, 0.15) is 12.8 Å². The molecule has 13 heavy (non-hydrogen) atoms. The summed E-state index contributed by atoms with van der Waals surface area (Å²) in [6.45, 7) is 0.124. The second-order valence-corrected chi connectivity index (χ2v) is 3.04. The molecule has 0 aromatic heterocycles. The summed E-state index contributed by atoms with van der Waals surface area (Å²) in [5.41, 5.74) is 0. The Balaban J connectivity index is 2.61. The van der Waals surface area contributed by atoms with E-state index >= 15 is 0 Å². The first-order chi connectivity index (χ1) is 6.15. The molecule has 1 amide bonds. The van der Waals surface area contributed by atoms with E-state index in [9.17, 15) is 14.7 Å². The molecule has 5 nitrogen and oxygen atoms in total. The van der Waals surface area contributed by atoms with E-state index in [0.29, 0.717) is 6.42 Å². The molecule has 2 N–H and O–H groups in total. The van der Waals surface area contributed by atoms with Gasteiger partial charge < -0.3 is 15.2 Å². The number of amides is 1. The zero-order chi connectivity index (χ0) is 9.84. The zero-order valence-corrected chi connectivity index (χ0v) is 7.45. The van der Waals surface area contributed by atoms with Crippen LogP contribution in [0.4, 0.5) is 0 Å². The van der Waals surface area contributed by atoms with Gasteiger partial charge >= 0.3 is 5.97 Å². The number of ether oxygens (including phenoxy) is 1. The molecule has 0 aromatic rings. The van der Waals surface area contributed by atoms with Crippen molar-refractivity contribution in [3.8, 4) is 0 Å². The third-order valence-corrected chi connectivity index (χ3v) is 2.16. The molecule has 1 aliphatic rings. The van der Waals surface area contributed by atoms with E-state index < -0.39 is 18.0 Å². The van der Waals surface area contributed by atoms with Crippen molar-refractivity contribution in [2.45, 2.75) is 18.9 Å². The highest BCUT2D eigenvalue weighted by Crippen LogP contribution is 2.15. The molecule has 2 unspecified atom stereocenters. The molecule has 1 saturated heterocycles. The van der Waals surface area contributed by atoms with E-state index in [-0.39, 0.29) is 18.9 Å². The van der Waals surface area contributed by atoms with Gasteiger partial charge in [0.05, 0.1) is 19.1 Å². The van der Waals surface area contributed by atoms with Gasteiger partial charge in [-0.05, 0) is 6.42 Å². The standard InChI is InChI=1S/C8H13NO4/c1-13-8(12)5-2-3-7(11)9-4-6(5)10/h5-6,10H,2-4H2,1H3,(H,9,11). The lowest BCUT2D eigenvalue weighted by atomic mass is 9.98. The summed E-state index contributed by atoms with van der Waals surface area (Å²) in [5, 5.41) is 12.0. The quantitative estimate of drug-likeness (QED) is 0.519. The van der Waals surface area contributed by atoms with Crippen molar-refractivity contribution in [3.63, 3.8) is 0 Å². The molecule has 2 atom stereocenters. The fourth-order valence-corrected chi connectivity index (χ4v) is 1.35. The van der Waals surface area contributed by atoms with E-state index in [1.165, 1.54) is 7.11 Å². The predicted molar refractivity (Wildman–Crippen MR) is 43.8 cm³/mol. The van der Waals surface area contributed by atoms with Gasteiger partial charge in [0.15, 0.2) is 0 Å². The van der Waals surface area contributed by atoms with E-state index in [0.717, 1.165) is 0 Å². The molecule has 0 radical (unpaired) electrons. The number of aliphatic hydroxyl groups excluding tert-OH is 1. The van der Waals surface area contributed by atoms with Gasteiger partial charge in [-0.3, -0.25) is 9.59 Å². The molecule has 0 spiro atoms. The average molecular weight is 187 g/mol. The molecule has 74 valence electrons. The third kappa shape index (κ3) is 2.42. The summed E-state index contributed by atoms with van der Waals surface area (Å²) in [6.07, 6.45) is -0.227. The van der Waals surface area contributed by atoms with Gasteiger partial charge in [-0.2, -0.15) is 0 Å². The maximum atomic E-state index is 11.1. The molecule has 0 saturated carbocycles. The summed E-state index contributed by atoms with van der Waals surface area (Å²) >= 11 is 0. The molecule has 0 aliphatic carbocycles. The van der Waals surface area contributed by atoms with Crippen LogP contribution in [0.15, 0.2) is 0 Å². The number of rotatable bonds is 1. The number of methoxy groups -OCH3 is 1. The molecule has 1 rings (SSSR count). The van der Waals surface area contributed by atoms with Gasteiger partial charge in [-0.15, -0.1) is 0 Å². The van der Waals surface area contributed by atoms with Crippen molar-refractivity contribution in [1.29, 1.82) is 0 Å². The Morgan fingerprint density at radius 3 is 3.00 bits per heavy atom. The number of β-amino-alcohol motifs (C(OH)–C–C–N with tert-alkyl or cyclic N) is 1. The third-order valence-electron chi connectivity index (χ3n) is 2.16. The monoisotopic (exact) mass is 187 g/mol. The van der Waals surface area contributed by atoms with Crippen LogP contribution in [0.25, 0.3) is 0 Å². The van der Waals surface area contributed by atoms with Gasteiger partial charge in [0.2, 0.25) is 5.91 Å². The minimum Gasteiger partial charge on any atom is -0.469 e. The van der Waals surface area contributed by atoms with Crippen molar-refractivity contribution in [3.05, 3.63) is 0 Å². The topological polar surface area (TPSA) is 75.6 Å². The van der Waals surface area contributed by atoms with E-state index in [2.05, 4.69) is 10.1 Å². The fraction of sp³-hybridized carbons (Fsp3) is 0.750. The van der Waals surface area contributed by atoms with Gasteiger partial charge in [-0.25, -0.2) is 0 Å². The second kappa shape index (κ2) is 4.23. The van der Waals surface area contributed by atoms with Crippen molar-refractivity contribution >= 4 is 11.9 Å². The van der Waals surface area contributed by atoms with Crippen LogP contribution in [0.2, 0.25) is 0 Å². The Hall–Kier alpha value is -1.10. The normalized spacial score (nSPS) is 28.9. The van der Waals surface area contributed by atoms with Crippen molar-refractivity contribution in [1.82, 2.24) is 5.32 Å². The maximum absolute atomic E-state index is 11.1. The van der Waals surface area contributed by atoms with Crippen LogP contribution in [0.3, 0.4) is 0 Å². The smallest absolute Gasteiger partial charge is 0.311 e. The second-order valence-electron chi connectivity index (χ2n) is 3.04.